The lowest BCUT2D eigenvalue weighted by atomic mass is 10.0. The molecule has 6 nitrogen and oxygen atoms in total. The highest BCUT2D eigenvalue weighted by molar-refractivity contribution is 5.91. The van der Waals surface area contributed by atoms with Crippen molar-refractivity contribution in [1.29, 1.82) is 0 Å². The maximum Gasteiger partial charge on any atom is 0.343 e. The van der Waals surface area contributed by atoms with Gasteiger partial charge in [-0.3, -0.25) is 4.39 Å². The number of aryl methyl sites for hydroxylation is 1. The monoisotopic (exact) mass is 492 g/mol. The molecule has 0 spiro atoms. The lowest BCUT2D eigenvalue weighted by Gasteiger charge is -2.06. The van der Waals surface area contributed by atoms with Crippen LogP contribution in [-0.4, -0.2) is 19.1 Å². The van der Waals surface area contributed by atoms with Gasteiger partial charge in [-0.05, 0) is 55.0 Å². The van der Waals surface area contributed by atoms with Crippen molar-refractivity contribution >= 4 is 29.4 Å². The normalized spacial score (nSPS) is 11.8. The van der Waals surface area contributed by atoms with Gasteiger partial charge in [0.1, 0.15) is 12.4 Å². The van der Waals surface area contributed by atoms with Crippen molar-refractivity contribution in [3.05, 3.63) is 95.1 Å². The second-order valence-corrected chi connectivity index (χ2v) is 8.14. The summed E-state index contributed by atoms with van der Waals surface area (Å²) in [7, 11) is 0.500. The Morgan fingerprint density at radius 2 is 1.50 bits per heavy atom. The van der Waals surface area contributed by atoms with E-state index in [4.69, 9.17) is 20.9 Å². The lowest BCUT2D eigenvalue weighted by Crippen LogP contribution is -2.08. The molecule has 0 amide bonds. The van der Waals surface area contributed by atoms with Crippen LogP contribution in [0.5, 0.6) is 5.75 Å². The second-order valence-electron chi connectivity index (χ2n) is 8.14. The fourth-order valence-electron chi connectivity index (χ4n) is 2.86. The number of anilines is 2. The van der Waals surface area contributed by atoms with Crippen molar-refractivity contribution in [2.75, 3.05) is 18.6 Å². The Morgan fingerprint density at radius 3 is 2.06 bits per heavy atom. The molecule has 190 valence electrons. The van der Waals surface area contributed by atoms with E-state index in [1.807, 2.05) is 19.1 Å². The number of nitrogens with two attached hydrogens (primary N) is 2. The molecule has 0 atom stereocenters. The molecule has 0 aliphatic heterocycles. The number of nitrogen functional groups attached to an aromatic ring is 2. The van der Waals surface area contributed by atoms with Gasteiger partial charge in [0.05, 0.1) is 12.7 Å². The van der Waals surface area contributed by atoms with Crippen LogP contribution in [0.2, 0.25) is 0 Å². The summed E-state index contributed by atoms with van der Waals surface area (Å²) in [5, 5.41) is 0. The highest BCUT2D eigenvalue weighted by Gasteiger charge is 2.08. The van der Waals surface area contributed by atoms with E-state index in [1.54, 1.807) is 60.7 Å². The number of carbonyl (C=O) groups excluding carboxylic acids is 2. The number of hydrogen-bond donors (Lipinski definition) is 2. The molecule has 4 N–H and O–H groups in total. The van der Waals surface area contributed by atoms with Crippen LogP contribution >= 0.6 is 0 Å². The molecule has 0 saturated heterocycles. The van der Waals surface area contributed by atoms with E-state index < -0.39 is 11.9 Å². The lowest BCUT2D eigenvalue weighted by molar-refractivity contribution is -0.138. The smallest absolute Gasteiger partial charge is 0.343 e. The molecule has 1 aliphatic carbocycles. The first-order chi connectivity index (χ1) is 17.4. The van der Waals surface area contributed by atoms with Crippen LogP contribution in [-0.2, 0) is 16.1 Å². The zero-order valence-corrected chi connectivity index (χ0v) is 20.7. The van der Waals surface area contributed by atoms with Crippen molar-refractivity contribution in [3.8, 4) is 5.75 Å². The summed E-state index contributed by atoms with van der Waals surface area (Å²) >= 11 is 0. The first-order valence-electron chi connectivity index (χ1n) is 11.7. The molecule has 3 aromatic rings. The van der Waals surface area contributed by atoms with Crippen molar-refractivity contribution in [1.82, 2.24) is 0 Å². The third-order valence-corrected chi connectivity index (χ3v) is 5.33. The summed E-state index contributed by atoms with van der Waals surface area (Å²) in [6.07, 6.45) is 8.93. The molecular weight excluding hydrogens is 459 g/mol. The maximum atomic E-state index is 12.1. The Kier molecular flexibility index (Phi) is 11.7. The minimum absolute atomic E-state index is 0.0587. The van der Waals surface area contributed by atoms with E-state index in [0.717, 1.165) is 11.1 Å². The molecular formula is C29H33FN2O4. The van der Waals surface area contributed by atoms with Crippen LogP contribution in [0.25, 0.3) is 6.08 Å². The summed E-state index contributed by atoms with van der Waals surface area (Å²) in [5.41, 5.74) is 15.5. The van der Waals surface area contributed by atoms with Crippen LogP contribution in [0.15, 0.2) is 72.8 Å². The van der Waals surface area contributed by atoms with Gasteiger partial charge in [0.25, 0.3) is 0 Å². The summed E-state index contributed by atoms with van der Waals surface area (Å²) in [5.74, 6) is -0.510. The summed E-state index contributed by atoms with van der Waals surface area (Å²) in [6, 6.07) is 19.0. The van der Waals surface area contributed by atoms with Crippen molar-refractivity contribution in [2.24, 2.45) is 0 Å². The molecule has 1 aliphatic rings. The molecule has 1 saturated carbocycles. The third-order valence-electron chi connectivity index (χ3n) is 5.33. The largest absolute Gasteiger partial charge is 0.458 e. The van der Waals surface area contributed by atoms with Gasteiger partial charge in [0, 0.05) is 23.0 Å². The highest BCUT2D eigenvalue weighted by atomic mass is 19.1. The standard InChI is InChI=1S/C24H22N2O4.C4H8.CH3F/c1-16-2-7-18(8-3-16)24(28)30-21-11-4-17(5-12-21)6-13-23(27)29-15-19-9-10-20(25)14-22(19)26;1-2-4-3-1;1-2/h2-14H,15,25-26H2,1H3;1-4H2;1H3/b13-6+;;. The molecule has 0 radical (unpaired) electrons. The average Bonchev–Trinajstić information content (AvgIpc) is 2.83. The Bertz CT molecular complexity index is 1130. The van der Waals surface area contributed by atoms with Crippen LogP contribution in [0.4, 0.5) is 15.8 Å². The molecule has 0 heterocycles. The van der Waals surface area contributed by atoms with Crippen LogP contribution < -0.4 is 16.2 Å². The van der Waals surface area contributed by atoms with E-state index in [1.165, 1.54) is 31.8 Å². The number of alkyl halides is 1. The SMILES string of the molecule is C1CCC1.CF.Cc1ccc(C(=O)Oc2ccc(/C=C/C(=O)OCc3ccc(N)cc3N)cc2)cc1. The second kappa shape index (κ2) is 15.0. The van der Waals surface area contributed by atoms with Gasteiger partial charge >= 0.3 is 11.9 Å². The summed E-state index contributed by atoms with van der Waals surface area (Å²) in [4.78, 5) is 24.1. The molecule has 7 heteroatoms. The fraction of sp³-hybridized carbons (Fsp3) is 0.241. The fourth-order valence-corrected chi connectivity index (χ4v) is 2.86. The van der Waals surface area contributed by atoms with Crippen LogP contribution in [0.1, 0.15) is 52.7 Å². The van der Waals surface area contributed by atoms with E-state index in [-0.39, 0.29) is 6.61 Å². The van der Waals surface area contributed by atoms with E-state index in [0.29, 0.717) is 35.4 Å². The van der Waals surface area contributed by atoms with Crippen molar-refractivity contribution in [2.45, 2.75) is 39.2 Å². The Labute approximate surface area is 211 Å². The number of esters is 2. The molecule has 3 aromatic carbocycles. The predicted octanol–water partition coefficient (Wildman–Crippen LogP) is 6.28. The molecule has 0 bridgehead atoms. The number of halogens is 1. The van der Waals surface area contributed by atoms with Gasteiger partial charge in [-0.15, -0.1) is 0 Å². The summed E-state index contributed by atoms with van der Waals surface area (Å²) in [6.45, 7) is 2.01. The predicted molar refractivity (Wildman–Crippen MR) is 142 cm³/mol. The zero-order valence-electron chi connectivity index (χ0n) is 20.7. The number of rotatable bonds is 6. The van der Waals surface area contributed by atoms with Crippen molar-refractivity contribution in [3.63, 3.8) is 0 Å². The van der Waals surface area contributed by atoms with Crippen LogP contribution in [0, 0.1) is 6.92 Å². The first-order valence-corrected chi connectivity index (χ1v) is 11.7. The minimum Gasteiger partial charge on any atom is -0.458 e. The number of ether oxygens (including phenoxy) is 2. The maximum absolute atomic E-state index is 12.1. The van der Waals surface area contributed by atoms with Crippen LogP contribution in [0.3, 0.4) is 0 Å². The number of benzene rings is 3. The van der Waals surface area contributed by atoms with E-state index in [9.17, 15) is 14.0 Å². The first kappa shape index (κ1) is 28.1. The summed E-state index contributed by atoms with van der Waals surface area (Å²) < 4.78 is 20.0. The van der Waals surface area contributed by atoms with Gasteiger partial charge < -0.3 is 20.9 Å². The Morgan fingerprint density at radius 1 is 0.889 bits per heavy atom. The zero-order chi connectivity index (χ0) is 26.3. The Balaban J connectivity index is 0.000000677. The quantitative estimate of drug-likeness (QED) is 0.182. The van der Waals surface area contributed by atoms with Gasteiger partial charge in [0.2, 0.25) is 0 Å². The third kappa shape index (κ3) is 9.62. The van der Waals surface area contributed by atoms with Crippen molar-refractivity contribution < 1.29 is 23.5 Å². The molecule has 36 heavy (non-hydrogen) atoms. The number of hydrogen-bond acceptors (Lipinski definition) is 6. The average molecular weight is 493 g/mol. The van der Waals surface area contributed by atoms with E-state index in [2.05, 4.69) is 0 Å². The molecule has 4 rings (SSSR count). The highest BCUT2D eigenvalue weighted by Crippen LogP contribution is 2.18. The van der Waals surface area contributed by atoms with Gasteiger partial charge in [0.15, 0.2) is 0 Å². The van der Waals surface area contributed by atoms with Gasteiger partial charge in [-0.2, -0.15) is 0 Å². The van der Waals surface area contributed by atoms with E-state index >= 15 is 0 Å². The van der Waals surface area contributed by atoms with Gasteiger partial charge in [-0.1, -0.05) is 61.6 Å². The molecule has 0 unspecified atom stereocenters. The van der Waals surface area contributed by atoms with Gasteiger partial charge in [-0.25, -0.2) is 9.59 Å². The Hall–Kier alpha value is -4.13. The molecule has 1 fully saturated rings. The molecule has 0 aromatic heterocycles. The minimum atomic E-state index is -0.499. The topological polar surface area (TPSA) is 105 Å². The number of carbonyl (C=O) groups is 2.